The third kappa shape index (κ3) is 3.98. The van der Waals surface area contributed by atoms with E-state index in [0.29, 0.717) is 11.4 Å². The van der Waals surface area contributed by atoms with Gasteiger partial charge in [-0.2, -0.15) is 5.26 Å². The van der Waals surface area contributed by atoms with Gasteiger partial charge in [-0.25, -0.2) is 0 Å². The molecule has 1 aromatic carbocycles. The number of nitrogens with zero attached hydrogens (tertiary/aromatic N) is 3. The molecule has 0 heterocycles. The molecular weight excluding hydrogens is 226 g/mol. The molecule has 0 radical (unpaired) electrons. The molecule has 0 aliphatic carbocycles. The highest BCUT2D eigenvalue weighted by Gasteiger charge is 2.00. The van der Waals surface area contributed by atoms with E-state index >= 15 is 0 Å². The molecule has 4 N–H and O–H groups in total. The third-order valence-electron chi connectivity index (χ3n) is 1.70. The Morgan fingerprint density at radius 1 is 1.25 bits per heavy atom. The lowest BCUT2D eigenvalue weighted by atomic mass is 10.1. The minimum Gasteiger partial charge on any atom is -0.369 e. The summed E-state index contributed by atoms with van der Waals surface area (Å²) in [6.07, 6.45) is 0.366. The van der Waals surface area contributed by atoms with Crippen LogP contribution < -0.4 is 11.5 Å². The quantitative estimate of drug-likeness (QED) is 0.465. The van der Waals surface area contributed by atoms with E-state index < -0.39 is 0 Å². The summed E-state index contributed by atoms with van der Waals surface area (Å²) >= 11 is 5.73. The number of benzene rings is 1. The Morgan fingerprint density at radius 2 is 1.88 bits per heavy atom. The van der Waals surface area contributed by atoms with E-state index in [0.717, 1.165) is 5.56 Å². The van der Waals surface area contributed by atoms with Crippen LogP contribution in [0.4, 0.5) is 0 Å². The minimum atomic E-state index is -0.177. The van der Waals surface area contributed by atoms with Gasteiger partial charge in [-0.1, -0.05) is 23.7 Å². The number of hydrogen-bond donors (Lipinski definition) is 2. The van der Waals surface area contributed by atoms with Gasteiger partial charge >= 0.3 is 0 Å². The van der Waals surface area contributed by atoms with Gasteiger partial charge in [-0.15, -0.1) is 10.2 Å². The predicted molar refractivity (Wildman–Crippen MR) is 64.0 cm³/mol. The Bertz CT molecular complexity index is 451. The minimum absolute atomic E-state index is 0.177. The van der Waals surface area contributed by atoms with E-state index in [2.05, 4.69) is 10.2 Å². The van der Waals surface area contributed by atoms with Crippen LogP contribution in [0, 0.1) is 11.3 Å². The zero-order chi connectivity index (χ0) is 12.0. The molecule has 1 aromatic rings. The zero-order valence-corrected chi connectivity index (χ0v) is 9.15. The molecule has 0 aromatic heterocycles. The summed E-state index contributed by atoms with van der Waals surface area (Å²) in [5, 5.41) is 16.5. The number of nitriles is 1. The molecule has 0 unspecified atom stereocenters. The second kappa shape index (κ2) is 5.73. The summed E-state index contributed by atoms with van der Waals surface area (Å²) in [7, 11) is 0. The van der Waals surface area contributed by atoms with Crippen molar-refractivity contribution in [1.82, 2.24) is 0 Å². The SMILES string of the molecule is N#C/C(Cc1ccc(Cl)cc1)=N\N=C(N)N. The smallest absolute Gasteiger partial charge is 0.211 e. The van der Waals surface area contributed by atoms with Crippen LogP contribution in [-0.2, 0) is 6.42 Å². The highest BCUT2D eigenvalue weighted by molar-refractivity contribution is 6.30. The molecule has 16 heavy (non-hydrogen) atoms. The van der Waals surface area contributed by atoms with Gasteiger partial charge in [0.15, 0.2) is 0 Å². The van der Waals surface area contributed by atoms with Gasteiger partial charge in [-0.05, 0) is 17.7 Å². The maximum absolute atomic E-state index is 8.80. The molecule has 0 amide bonds. The molecule has 0 bridgehead atoms. The molecule has 0 fully saturated rings. The summed E-state index contributed by atoms with van der Waals surface area (Å²) in [5.41, 5.74) is 11.3. The van der Waals surface area contributed by atoms with Crippen molar-refractivity contribution in [3.63, 3.8) is 0 Å². The van der Waals surface area contributed by atoms with Crippen molar-refractivity contribution in [3.8, 4) is 6.07 Å². The lowest BCUT2D eigenvalue weighted by Gasteiger charge is -1.98. The van der Waals surface area contributed by atoms with Gasteiger partial charge in [0.2, 0.25) is 5.96 Å². The lowest BCUT2D eigenvalue weighted by molar-refractivity contribution is 1.17. The van der Waals surface area contributed by atoms with Gasteiger partial charge in [0.25, 0.3) is 0 Å². The summed E-state index contributed by atoms with van der Waals surface area (Å²) < 4.78 is 0. The Hall–Kier alpha value is -2.06. The number of guanidine groups is 1. The van der Waals surface area contributed by atoms with Crippen molar-refractivity contribution in [2.75, 3.05) is 0 Å². The zero-order valence-electron chi connectivity index (χ0n) is 8.39. The third-order valence-corrected chi connectivity index (χ3v) is 1.95. The van der Waals surface area contributed by atoms with Crippen LogP contribution >= 0.6 is 11.6 Å². The summed E-state index contributed by atoms with van der Waals surface area (Å²) in [4.78, 5) is 0. The van der Waals surface area contributed by atoms with Crippen LogP contribution in [0.2, 0.25) is 5.02 Å². The standard InChI is InChI=1S/C10H10ClN5/c11-8-3-1-7(2-4-8)5-9(6-12)15-16-10(13)14/h1-4H,5H2,(H4,13,14,16)/b15-9-. The molecule has 1 rings (SSSR count). The Balaban J connectivity index is 2.79. The molecule has 0 aliphatic heterocycles. The maximum Gasteiger partial charge on any atom is 0.211 e. The van der Waals surface area contributed by atoms with Gasteiger partial charge < -0.3 is 11.5 Å². The predicted octanol–water partition coefficient (Wildman–Crippen LogP) is 1.04. The molecule has 82 valence electrons. The van der Waals surface area contributed by atoms with Crippen molar-refractivity contribution >= 4 is 23.3 Å². The fourth-order valence-electron chi connectivity index (χ4n) is 1.01. The van der Waals surface area contributed by atoms with Crippen LogP contribution in [0.5, 0.6) is 0 Å². The molecular formula is C10H10ClN5. The first-order valence-corrected chi connectivity index (χ1v) is 4.79. The van der Waals surface area contributed by atoms with Crippen LogP contribution in [0.25, 0.3) is 0 Å². The van der Waals surface area contributed by atoms with Crippen molar-refractivity contribution < 1.29 is 0 Å². The van der Waals surface area contributed by atoms with Crippen molar-refractivity contribution in [2.24, 2.45) is 21.7 Å². The molecule has 5 nitrogen and oxygen atoms in total. The maximum atomic E-state index is 8.80. The van der Waals surface area contributed by atoms with E-state index in [1.165, 1.54) is 0 Å². The molecule has 0 saturated heterocycles. The van der Waals surface area contributed by atoms with Crippen molar-refractivity contribution in [2.45, 2.75) is 6.42 Å². The van der Waals surface area contributed by atoms with E-state index in [-0.39, 0.29) is 11.7 Å². The molecule has 0 atom stereocenters. The molecule has 0 saturated carbocycles. The lowest BCUT2D eigenvalue weighted by Crippen LogP contribution is -2.22. The number of halogens is 1. The average molecular weight is 236 g/mol. The Kier molecular flexibility index (Phi) is 4.30. The van der Waals surface area contributed by atoms with Crippen molar-refractivity contribution in [3.05, 3.63) is 34.9 Å². The first-order valence-electron chi connectivity index (χ1n) is 4.42. The van der Waals surface area contributed by atoms with Crippen LogP contribution in [-0.4, -0.2) is 11.7 Å². The number of nitrogens with two attached hydrogens (primary N) is 2. The normalized spacial score (nSPS) is 10.6. The van der Waals surface area contributed by atoms with Crippen LogP contribution in [0.3, 0.4) is 0 Å². The fourth-order valence-corrected chi connectivity index (χ4v) is 1.14. The second-order valence-electron chi connectivity index (χ2n) is 2.99. The van der Waals surface area contributed by atoms with Crippen molar-refractivity contribution in [1.29, 1.82) is 5.26 Å². The topological polar surface area (TPSA) is 101 Å². The first-order chi connectivity index (χ1) is 7.61. The van der Waals surface area contributed by atoms with E-state index in [4.69, 9.17) is 28.3 Å². The van der Waals surface area contributed by atoms with Crippen LogP contribution in [0.15, 0.2) is 34.5 Å². The van der Waals surface area contributed by atoms with E-state index in [9.17, 15) is 0 Å². The average Bonchev–Trinajstić information content (AvgIpc) is 2.26. The second-order valence-corrected chi connectivity index (χ2v) is 3.42. The summed E-state index contributed by atoms with van der Waals surface area (Å²) in [5.74, 6) is -0.177. The fraction of sp³-hybridized carbons (Fsp3) is 0.100. The molecule has 0 aliphatic rings. The first kappa shape index (κ1) is 12.0. The Labute approximate surface area is 98.0 Å². The highest BCUT2D eigenvalue weighted by Crippen LogP contribution is 2.10. The molecule has 0 spiro atoms. The summed E-state index contributed by atoms with van der Waals surface area (Å²) in [6.45, 7) is 0. The van der Waals surface area contributed by atoms with Crippen LogP contribution in [0.1, 0.15) is 5.56 Å². The number of hydrogen-bond acceptors (Lipinski definition) is 3. The largest absolute Gasteiger partial charge is 0.369 e. The monoisotopic (exact) mass is 235 g/mol. The van der Waals surface area contributed by atoms with E-state index in [1.54, 1.807) is 12.1 Å². The summed E-state index contributed by atoms with van der Waals surface area (Å²) in [6, 6.07) is 9.02. The van der Waals surface area contributed by atoms with E-state index in [1.807, 2.05) is 18.2 Å². The van der Waals surface area contributed by atoms with Gasteiger partial charge in [-0.3, -0.25) is 0 Å². The van der Waals surface area contributed by atoms with Gasteiger partial charge in [0.05, 0.1) is 0 Å². The molecule has 6 heteroatoms. The highest BCUT2D eigenvalue weighted by atomic mass is 35.5. The number of rotatable bonds is 3. The van der Waals surface area contributed by atoms with Gasteiger partial charge in [0, 0.05) is 11.4 Å². The van der Waals surface area contributed by atoms with Gasteiger partial charge in [0.1, 0.15) is 11.8 Å². The Morgan fingerprint density at radius 3 is 2.38 bits per heavy atom.